The van der Waals surface area contributed by atoms with E-state index in [0.717, 1.165) is 17.1 Å². The third kappa shape index (κ3) is 2.13. The first kappa shape index (κ1) is 12.0. The second-order valence-electron chi connectivity index (χ2n) is 3.56. The Labute approximate surface area is 100 Å². The Morgan fingerprint density at radius 1 is 1.33 bits per heavy atom. The number of nitrogens with zero attached hydrogens (tertiary/aromatic N) is 3. The highest BCUT2D eigenvalue weighted by Gasteiger charge is 2.32. The van der Waals surface area contributed by atoms with Crippen LogP contribution in [0.1, 0.15) is 11.1 Å². The van der Waals surface area contributed by atoms with Crippen molar-refractivity contribution in [1.29, 1.82) is 5.26 Å². The Morgan fingerprint density at radius 3 is 2.56 bits per heavy atom. The number of hydrogen-bond acceptors (Lipinski definition) is 3. The van der Waals surface area contributed by atoms with Crippen LogP contribution in [-0.4, -0.2) is 9.78 Å². The van der Waals surface area contributed by atoms with Gasteiger partial charge >= 0.3 is 6.18 Å². The molecule has 0 aliphatic rings. The van der Waals surface area contributed by atoms with Gasteiger partial charge in [-0.05, 0) is 18.2 Å². The molecule has 7 heteroatoms. The number of nitrogens with two attached hydrogens (primary N) is 1. The maximum atomic E-state index is 12.4. The zero-order valence-electron chi connectivity index (χ0n) is 8.94. The van der Waals surface area contributed by atoms with Crippen LogP contribution < -0.4 is 5.73 Å². The lowest BCUT2D eigenvalue weighted by Crippen LogP contribution is -2.04. The van der Waals surface area contributed by atoms with Gasteiger partial charge in [-0.1, -0.05) is 0 Å². The molecule has 0 bridgehead atoms. The first-order chi connectivity index (χ1) is 8.41. The van der Waals surface area contributed by atoms with E-state index in [1.165, 1.54) is 18.2 Å². The predicted molar refractivity (Wildman–Crippen MR) is 57.7 cm³/mol. The summed E-state index contributed by atoms with van der Waals surface area (Å²) in [4.78, 5) is 0. The Balaban J connectivity index is 2.44. The summed E-state index contributed by atoms with van der Waals surface area (Å²) in [7, 11) is 0. The zero-order valence-corrected chi connectivity index (χ0v) is 8.94. The van der Waals surface area contributed by atoms with Gasteiger partial charge in [0.15, 0.2) is 0 Å². The number of anilines is 1. The van der Waals surface area contributed by atoms with Crippen molar-refractivity contribution in [3.05, 3.63) is 41.7 Å². The third-order valence-corrected chi connectivity index (χ3v) is 2.31. The standard InChI is InChI=1S/C11H7F3N4/c12-11(13,14)8-5-17-18(6-8)10-2-1-7(4-15)3-9(10)16/h1-3,5-6H,16H2. The van der Waals surface area contributed by atoms with Gasteiger partial charge in [0.05, 0.1) is 34.8 Å². The molecule has 1 heterocycles. The van der Waals surface area contributed by atoms with Gasteiger partial charge < -0.3 is 5.73 Å². The fraction of sp³-hybridized carbons (Fsp3) is 0.0909. The Morgan fingerprint density at radius 2 is 2.06 bits per heavy atom. The lowest BCUT2D eigenvalue weighted by Gasteiger charge is -2.05. The molecular weight excluding hydrogens is 245 g/mol. The smallest absolute Gasteiger partial charge is 0.397 e. The van der Waals surface area contributed by atoms with Crippen molar-refractivity contribution >= 4 is 5.69 Å². The largest absolute Gasteiger partial charge is 0.419 e. The van der Waals surface area contributed by atoms with Crippen LogP contribution in [-0.2, 0) is 6.18 Å². The van der Waals surface area contributed by atoms with Crippen molar-refractivity contribution in [3.63, 3.8) is 0 Å². The number of rotatable bonds is 1. The minimum atomic E-state index is -4.44. The molecule has 0 saturated carbocycles. The normalized spacial score (nSPS) is 11.2. The molecule has 0 radical (unpaired) electrons. The van der Waals surface area contributed by atoms with E-state index in [1.54, 1.807) is 0 Å². The van der Waals surface area contributed by atoms with Gasteiger partial charge in [-0.2, -0.15) is 23.5 Å². The van der Waals surface area contributed by atoms with Crippen LogP contribution in [0.2, 0.25) is 0 Å². The summed E-state index contributed by atoms with van der Waals surface area (Å²) in [6.07, 6.45) is -2.88. The monoisotopic (exact) mass is 252 g/mol. The number of alkyl halides is 3. The summed E-state index contributed by atoms with van der Waals surface area (Å²) in [5.74, 6) is 0. The van der Waals surface area contributed by atoms with Gasteiger partial charge in [0.2, 0.25) is 0 Å². The lowest BCUT2D eigenvalue weighted by molar-refractivity contribution is -0.137. The van der Waals surface area contributed by atoms with Crippen LogP contribution in [0.3, 0.4) is 0 Å². The van der Waals surface area contributed by atoms with Crippen LogP contribution in [0.5, 0.6) is 0 Å². The van der Waals surface area contributed by atoms with Crippen molar-refractivity contribution in [1.82, 2.24) is 9.78 Å². The number of nitrogen functional groups attached to an aromatic ring is 1. The third-order valence-electron chi connectivity index (χ3n) is 2.31. The van der Waals surface area contributed by atoms with E-state index in [0.29, 0.717) is 11.3 Å². The molecule has 2 aromatic rings. The van der Waals surface area contributed by atoms with Gasteiger partial charge in [-0.15, -0.1) is 0 Å². The van der Waals surface area contributed by atoms with Crippen molar-refractivity contribution in [2.24, 2.45) is 0 Å². The minimum absolute atomic E-state index is 0.186. The number of benzene rings is 1. The van der Waals surface area contributed by atoms with Gasteiger partial charge in [-0.3, -0.25) is 0 Å². The highest BCUT2D eigenvalue weighted by Crippen LogP contribution is 2.29. The summed E-state index contributed by atoms with van der Waals surface area (Å²) in [5.41, 5.74) is 5.61. The average Bonchev–Trinajstić information content (AvgIpc) is 2.77. The number of hydrogen-bond donors (Lipinski definition) is 1. The first-order valence-corrected chi connectivity index (χ1v) is 4.83. The summed E-state index contributed by atoms with van der Waals surface area (Å²) < 4.78 is 38.3. The molecule has 4 nitrogen and oxygen atoms in total. The quantitative estimate of drug-likeness (QED) is 0.792. The molecule has 18 heavy (non-hydrogen) atoms. The number of nitriles is 1. The van der Waals surface area contributed by atoms with Gasteiger partial charge in [-0.25, -0.2) is 4.68 Å². The topological polar surface area (TPSA) is 67.6 Å². The Bertz CT molecular complexity index is 622. The molecule has 0 atom stereocenters. The summed E-state index contributed by atoms with van der Waals surface area (Å²) in [6.45, 7) is 0. The van der Waals surface area contributed by atoms with Crippen molar-refractivity contribution in [2.75, 3.05) is 5.73 Å². The predicted octanol–water partition coefficient (Wildman–Crippen LogP) is 2.34. The maximum absolute atomic E-state index is 12.4. The molecule has 0 aliphatic heterocycles. The molecule has 0 unspecified atom stereocenters. The van der Waals surface area contributed by atoms with E-state index >= 15 is 0 Å². The van der Waals surface area contributed by atoms with Crippen molar-refractivity contribution < 1.29 is 13.2 Å². The van der Waals surface area contributed by atoms with Crippen LogP contribution >= 0.6 is 0 Å². The average molecular weight is 252 g/mol. The molecule has 0 fully saturated rings. The minimum Gasteiger partial charge on any atom is -0.397 e. The van der Waals surface area contributed by atoms with Gasteiger partial charge in [0.1, 0.15) is 0 Å². The van der Waals surface area contributed by atoms with Crippen LogP contribution in [0, 0.1) is 11.3 Å². The van der Waals surface area contributed by atoms with E-state index < -0.39 is 11.7 Å². The van der Waals surface area contributed by atoms with E-state index in [2.05, 4.69) is 5.10 Å². The molecule has 2 rings (SSSR count). The fourth-order valence-electron chi connectivity index (χ4n) is 1.43. The lowest BCUT2D eigenvalue weighted by atomic mass is 10.2. The molecule has 0 spiro atoms. The van der Waals surface area contributed by atoms with Gasteiger partial charge in [0.25, 0.3) is 0 Å². The number of aromatic nitrogens is 2. The molecule has 1 aromatic heterocycles. The summed E-state index contributed by atoms with van der Waals surface area (Å²) in [5, 5.41) is 12.3. The van der Waals surface area contributed by atoms with Crippen LogP contribution in [0.15, 0.2) is 30.6 Å². The second-order valence-corrected chi connectivity index (χ2v) is 3.56. The zero-order chi connectivity index (χ0) is 13.3. The van der Waals surface area contributed by atoms with E-state index in [-0.39, 0.29) is 5.69 Å². The van der Waals surface area contributed by atoms with Crippen molar-refractivity contribution in [3.8, 4) is 11.8 Å². The molecule has 1 aromatic carbocycles. The Kier molecular flexibility index (Phi) is 2.71. The molecular formula is C11H7F3N4. The highest BCUT2D eigenvalue weighted by molar-refractivity contribution is 5.60. The fourth-order valence-corrected chi connectivity index (χ4v) is 1.43. The summed E-state index contributed by atoms with van der Waals surface area (Å²) >= 11 is 0. The molecule has 2 N–H and O–H groups in total. The molecule has 0 aliphatic carbocycles. The highest BCUT2D eigenvalue weighted by atomic mass is 19.4. The van der Waals surface area contributed by atoms with E-state index in [1.807, 2.05) is 6.07 Å². The van der Waals surface area contributed by atoms with E-state index in [9.17, 15) is 13.2 Å². The van der Waals surface area contributed by atoms with Crippen molar-refractivity contribution in [2.45, 2.75) is 6.18 Å². The number of halogens is 3. The Hall–Kier alpha value is -2.49. The molecule has 0 saturated heterocycles. The van der Waals surface area contributed by atoms with E-state index in [4.69, 9.17) is 11.0 Å². The maximum Gasteiger partial charge on any atom is 0.419 e. The molecule has 0 amide bonds. The second kappa shape index (κ2) is 4.07. The van der Waals surface area contributed by atoms with Crippen LogP contribution in [0.25, 0.3) is 5.69 Å². The molecule has 92 valence electrons. The first-order valence-electron chi connectivity index (χ1n) is 4.83. The van der Waals surface area contributed by atoms with Gasteiger partial charge in [0, 0.05) is 6.20 Å². The summed E-state index contributed by atoms with van der Waals surface area (Å²) in [6, 6.07) is 6.17. The van der Waals surface area contributed by atoms with Crippen LogP contribution in [0.4, 0.5) is 18.9 Å². The SMILES string of the molecule is N#Cc1ccc(-n2cc(C(F)(F)F)cn2)c(N)c1.